The van der Waals surface area contributed by atoms with Gasteiger partial charge in [0.1, 0.15) is 14.9 Å². The summed E-state index contributed by atoms with van der Waals surface area (Å²) in [6, 6.07) is 18.1. The zero-order valence-corrected chi connectivity index (χ0v) is 25.1. The highest BCUT2D eigenvalue weighted by molar-refractivity contribution is 7.88. The van der Waals surface area contributed by atoms with Crippen LogP contribution in [0.3, 0.4) is 0 Å². The van der Waals surface area contributed by atoms with Crippen molar-refractivity contribution in [2.24, 2.45) is 11.3 Å². The van der Waals surface area contributed by atoms with Gasteiger partial charge in [0, 0.05) is 6.42 Å². The quantitative estimate of drug-likeness (QED) is 0.309. The molecule has 2 aliphatic rings. The van der Waals surface area contributed by atoms with Crippen LogP contribution in [-0.2, 0) is 32.2 Å². The van der Waals surface area contributed by atoms with Crippen LogP contribution in [0.2, 0.25) is 0 Å². The van der Waals surface area contributed by atoms with Gasteiger partial charge in [-0.05, 0) is 63.7 Å². The molecule has 2 unspecified atom stereocenters. The topological polar surface area (TPSA) is 74.3 Å². The lowest BCUT2D eigenvalue weighted by atomic mass is 9.81. The summed E-state index contributed by atoms with van der Waals surface area (Å²) in [6.07, 6.45) is 2.17. The molecule has 37 heavy (non-hydrogen) atoms. The molecule has 4 rings (SSSR count). The Hall–Kier alpha value is -2.11. The molecule has 2 bridgehead atoms. The lowest BCUT2D eigenvalue weighted by Crippen LogP contribution is -2.50. The molecule has 0 N–H and O–H groups in total. The van der Waals surface area contributed by atoms with E-state index in [0.29, 0.717) is 6.42 Å². The molecule has 0 aromatic heterocycles. The summed E-state index contributed by atoms with van der Waals surface area (Å²) in [5.41, 5.74) is 5.34. The Morgan fingerprint density at radius 2 is 1.22 bits per heavy atom. The zero-order valence-electron chi connectivity index (χ0n) is 24.3. The van der Waals surface area contributed by atoms with E-state index >= 15 is 0 Å². The Morgan fingerprint density at radius 3 is 1.43 bits per heavy atom. The summed E-state index contributed by atoms with van der Waals surface area (Å²) in [5.74, 6) is -0.299. The molecule has 0 heterocycles. The van der Waals surface area contributed by atoms with Crippen molar-refractivity contribution >= 4 is 15.9 Å². The van der Waals surface area contributed by atoms with E-state index in [1.807, 2.05) is 0 Å². The van der Waals surface area contributed by atoms with Crippen molar-refractivity contribution in [3.05, 3.63) is 77.7 Å². The number of fused-ring (bicyclic) bond motifs is 2. The van der Waals surface area contributed by atoms with E-state index in [4.69, 9.17) is 0 Å². The predicted octanol–water partition coefficient (Wildman–Crippen LogP) is 7.39. The van der Waals surface area contributed by atoms with E-state index < -0.39 is 20.3 Å². The molecule has 0 amide bonds. The van der Waals surface area contributed by atoms with Gasteiger partial charge in [-0.3, -0.25) is 4.79 Å². The van der Waals surface area contributed by atoms with Gasteiger partial charge in [0.05, 0.1) is 13.8 Å². The molecule has 204 valence electrons. The maximum absolute atomic E-state index is 11.6. The highest BCUT2D eigenvalue weighted by Crippen LogP contribution is 2.61. The van der Waals surface area contributed by atoms with Crippen LogP contribution >= 0.6 is 0 Å². The number of Topliss-reactive ketones (excluding diaryl/α,β-unsaturated/α-hetero) is 1. The molecule has 2 atom stereocenters. The van der Waals surface area contributed by atoms with Crippen molar-refractivity contribution < 1.29 is 17.8 Å². The monoisotopic (exact) mass is 526 g/mol. The third-order valence-corrected chi connectivity index (χ3v) is 10.1. The lowest BCUT2D eigenvalue weighted by molar-refractivity contribution is -0.121. The highest BCUT2D eigenvalue weighted by Gasteiger charge is 2.68. The van der Waals surface area contributed by atoms with Crippen LogP contribution in [0.5, 0.6) is 0 Å². The van der Waals surface area contributed by atoms with Crippen LogP contribution in [0.25, 0.3) is 0 Å². The van der Waals surface area contributed by atoms with Gasteiger partial charge in [0.25, 0.3) is 0 Å². The molecule has 0 saturated heterocycles. The molecule has 2 aromatic rings. The molecule has 2 fully saturated rings. The van der Waals surface area contributed by atoms with Crippen LogP contribution in [-0.4, -0.2) is 23.5 Å². The average molecular weight is 527 g/mol. The second-order valence-corrected chi connectivity index (χ2v) is 14.5. The number of ketones is 1. The van der Waals surface area contributed by atoms with Crippen molar-refractivity contribution in [2.75, 3.05) is 0 Å². The van der Waals surface area contributed by atoms with Gasteiger partial charge >= 0.3 is 0 Å². The van der Waals surface area contributed by atoms with Crippen LogP contribution < -0.4 is 0 Å². The average Bonchev–Trinajstić information content (AvgIpc) is 3.17. The van der Waals surface area contributed by atoms with E-state index in [9.17, 15) is 17.8 Å². The first-order chi connectivity index (χ1) is 16.9. The molecule has 2 saturated carbocycles. The summed E-state index contributed by atoms with van der Waals surface area (Å²) in [5, 5.41) is 0. The minimum Gasteiger partial charge on any atom is -0.747 e. The molecule has 2 aromatic carbocycles. The number of hydrogen-bond acceptors (Lipinski definition) is 4. The van der Waals surface area contributed by atoms with Gasteiger partial charge < -0.3 is 4.55 Å². The molecule has 0 radical (unpaired) electrons. The minimum absolute atomic E-state index is 0.0683. The predicted molar refractivity (Wildman–Crippen MR) is 153 cm³/mol. The Morgan fingerprint density at radius 1 is 0.838 bits per heavy atom. The van der Waals surface area contributed by atoms with Gasteiger partial charge in [0.2, 0.25) is 0 Å². The van der Waals surface area contributed by atoms with Crippen molar-refractivity contribution in [1.82, 2.24) is 0 Å². The molecule has 4 nitrogen and oxygen atoms in total. The van der Waals surface area contributed by atoms with E-state index in [0.717, 1.165) is 6.42 Å². The van der Waals surface area contributed by atoms with Crippen LogP contribution in [0.4, 0.5) is 0 Å². The van der Waals surface area contributed by atoms with Gasteiger partial charge in [-0.2, -0.15) is 0 Å². The molecule has 0 spiro atoms. The second kappa shape index (κ2) is 10.9. The summed E-state index contributed by atoms with van der Waals surface area (Å²) < 4.78 is 32.2. The lowest BCUT2D eigenvalue weighted by Gasteiger charge is -2.38. The first-order valence-electron chi connectivity index (χ1n) is 13.3. The summed E-state index contributed by atoms with van der Waals surface area (Å²) in [6.45, 7) is 22.0. The van der Waals surface area contributed by atoms with Crippen LogP contribution in [0.1, 0.15) is 104 Å². The second-order valence-electron chi connectivity index (χ2n) is 12.9. The Balaban J connectivity index is 0.000000260. The summed E-state index contributed by atoms with van der Waals surface area (Å²) in [4.78, 5) is 11.6. The van der Waals surface area contributed by atoms with Crippen molar-refractivity contribution in [3.8, 4) is 0 Å². The first-order valence-corrected chi connectivity index (χ1v) is 14.7. The fourth-order valence-corrected chi connectivity index (χ4v) is 7.24. The number of benzene rings is 2. The summed E-state index contributed by atoms with van der Waals surface area (Å²) >= 11 is 0. The van der Waals surface area contributed by atoms with Crippen molar-refractivity contribution in [1.29, 1.82) is 0 Å². The van der Waals surface area contributed by atoms with Gasteiger partial charge in [-0.1, -0.05) is 104 Å². The van der Waals surface area contributed by atoms with Gasteiger partial charge in [-0.25, -0.2) is 8.42 Å². The smallest absolute Gasteiger partial charge is 0.153 e. The van der Waals surface area contributed by atoms with Crippen LogP contribution in [0, 0.1) is 18.3 Å². The molecule has 5 heteroatoms. The van der Waals surface area contributed by atoms with Gasteiger partial charge in [0.15, 0.2) is 5.78 Å². The minimum atomic E-state index is -4.53. The normalized spacial score (nSPS) is 22.5. The van der Waals surface area contributed by atoms with Crippen molar-refractivity contribution in [2.45, 2.75) is 104 Å². The Bertz CT molecular complexity index is 1110. The standard InChI is InChI=1S/C21H28.C9H14O4S.C2H5/c1-20(2,3)18-11-7-16(8-12-18)15-17-9-13-19(14-10-17)21(4,5)6;1-8(2)6-3-4-9(8,7(10)5-6)14(11,12)13;1-2/h7-14H,15H2,1-6H3;6H,3-5H2,1-2H3,(H,11,12,13);1H2,2H3/q;;+1/p-1. The SMILES string of the molecule is CC(C)(C)c1ccc(Cc2ccc(C(C)(C)C)cc2)cc1.CC1(C)C2CCC1(S(=O)(=O)[O-])C(=O)C2.[CH2+]C. The molecule has 2 aliphatic carbocycles. The zero-order chi connectivity index (χ0) is 28.4. The molecular weight excluding hydrogens is 480 g/mol. The Kier molecular flexibility index (Phi) is 9.20. The van der Waals surface area contributed by atoms with E-state index in [1.165, 1.54) is 22.3 Å². The van der Waals surface area contributed by atoms with Gasteiger partial charge in [-0.15, -0.1) is 0 Å². The summed E-state index contributed by atoms with van der Waals surface area (Å²) in [7, 11) is -4.53. The van der Waals surface area contributed by atoms with E-state index in [-0.39, 0.29) is 35.4 Å². The fourth-order valence-electron chi connectivity index (χ4n) is 5.70. The van der Waals surface area contributed by atoms with Crippen LogP contribution in [0.15, 0.2) is 48.5 Å². The third-order valence-electron chi connectivity index (χ3n) is 8.26. The maximum Gasteiger partial charge on any atom is 0.153 e. The third kappa shape index (κ3) is 6.31. The Labute approximate surface area is 226 Å². The fraction of sp³-hybridized carbons (Fsp3) is 0.562. The number of hydrogen-bond donors (Lipinski definition) is 0. The largest absolute Gasteiger partial charge is 0.747 e. The molecule has 0 aliphatic heterocycles. The number of carbonyl (C=O) groups excluding carboxylic acids is 1. The van der Waals surface area contributed by atoms with E-state index in [2.05, 4.69) is 97.0 Å². The first kappa shape index (κ1) is 31.1. The molecular formula is C32H46O4S. The van der Waals surface area contributed by atoms with E-state index in [1.54, 1.807) is 20.8 Å². The number of rotatable bonds is 3. The van der Waals surface area contributed by atoms with Crippen molar-refractivity contribution in [3.63, 3.8) is 0 Å². The number of carbonyl (C=O) groups is 1. The highest BCUT2D eigenvalue weighted by atomic mass is 32.2. The maximum atomic E-state index is 11.6.